The molecule has 1 aromatic rings. The van der Waals surface area contributed by atoms with Crippen molar-refractivity contribution in [2.24, 2.45) is 0 Å². The van der Waals surface area contributed by atoms with Crippen LogP contribution in [0.25, 0.3) is 0 Å². The molecule has 0 atom stereocenters. The number of aryl methyl sites for hydroxylation is 1. The molecule has 1 aromatic heterocycles. The Morgan fingerprint density at radius 2 is 2.12 bits per heavy atom. The number of likely N-dealkylation sites (tertiary alicyclic amines) is 1. The first-order chi connectivity index (χ1) is 8.40. The molecule has 0 unspecified atom stereocenters. The van der Waals surface area contributed by atoms with Gasteiger partial charge in [-0.05, 0) is 38.4 Å². The van der Waals surface area contributed by atoms with E-state index in [1.54, 1.807) is 0 Å². The Balaban J connectivity index is 1.65. The van der Waals surface area contributed by atoms with Gasteiger partial charge in [-0.3, -0.25) is 4.68 Å². The van der Waals surface area contributed by atoms with Crippen molar-refractivity contribution in [3.63, 3.8) is 0 Å². The normalized spacial score (nSPS) is 16.8. The third kappa shape index (κ3) is 3.82. The molecule has 17 heavy (non-hydrogen) atoms. The number of nitrogens with zero attached hydrogens (tertiary/aromatic N) is 3. The lowest BCUT2D eigenvalue weighted by molar-refractivity contribution is 0.334. The van der Waals surface area contributed by atoms with Crippen molar-refractivity contribution in [3.8, 4) is 0 Å². The van der Waals surface area contributed by atoms with E-state index in [0.717, 1.165) is 26.1 Å². The SMILES string of the molecule is CCCn1nccc1CNCCN1CCCC1. The first kappa shape index (κ1) is 12.6. The summed E-state index contributed by atoms with van der Waals surface area (Å²) in [5, 5.41) is 7.84. The van der Waals surface area contributed by atoms with Gasteiger partial charge in [-0.25, -0.2) is 0 Å². The van der Waals surface area contributed by atoms with Gasteiger partial charge in [0.25, 0.3) is 0 Å². The molecule has 1 fully saturated rings. The number of hydrogen-bond acceptors (Lipinski definition) is 3. The van der Waals surface area contributed by atoms with Crippen LogP contribution in [0.4, 0.5) is 0 Å². The molecule has 0 bridgehead atoms. The van der Waals surface area contributed by atoms with Gasteiger partial charge in [0.05, 0.1) is 5.69 Å². The van der Waals surface area contributed by atoms with E-state index in [2.05, 4.69) is 33.0 Å². The second-order valence-corrected chi connectivity index (χ2v) is 4.77. The minimum atomic E-state index is 0.938. The van der Waals surface area contributed by atoms with E-state index in [1.807, 2.05) is 6.20 Å². The maximum atomic E-state index is 4.33. The molecule has 2 rings (SSSR count). The highest BCUT2D eigenvalue weighted by molar-refractivity contribution is 4.99. The third-order valence-electron chi connectivity index (χ3n) is 3.35. The second kappa shape index (κ2) is 6.77. The monoisotopic (exact) mass is 236 g/mol. The predicted molar refractivity (Wildman–Crippen MR) is 69.9 cm³/mol. The summed E-state index contributed by atoms with van der Waals surface area (Å²) in [6.45, 7) is 8.99. The molecule has 4 heteroatoms. The van der Waals surface area contributed by atoms with Crippen LogP contribution in [-0.2, 0) is 13.1 Å². The molecular formula is C13H24N4. The first-order valence-corrected chi connectivity index (χ1v) is 6.84. The Hall–Kier alpha value is -0.870. The maximum absolute atomic E-state index is 4.33. The molecule has 1 N–H and O–H groups in total. The largest absolute Gasteiger partial charge is 0.310 e. The van der Waals surface area contributed by atoms with Gasteiger partial charge >= 0.3 is 0 Å². The Morgan fingerprint density at radius 1 is 1.29 bits per heavy atom. The fraction of sp³-hybridized carbons (Fsp3) is 0.769. The Morgan fingerprint density at radius 3 is 2.88 bits per heavy atom. The van der Waals surface area contributed by atoms with E-state index >= 15 is 0 Å². The van der Waals surface area contributed by atoms with Gasteiger partial charge in [0.15, 0.2) is 0 Å². The molecule has 1 saturated heterocycles. The number of hydrogen-bond donors (Lipinski definition) is 1. The molecule has 0 spiro atoms. The third-order valence-corrected chi connectivity index (χ3v) is 3.35. The van der Waals surface area contributed by atoms with Crippen LogP contribution in [0.1, 0.15) is 31.9 Å². The highest BCUT2D eigenvalue weighted by Crippen LogP contribution is 2.05. The summed E-state index contributed by atoms with van der Waals surface area (Å²) in [5.41, 5.74) is 1.30. The van der Waals surface area contributed by atoms with Crippen LogP contribution in [0, 0.1) is 0 Å². The predicted octanol–water partition coefficient (Wildman–Crippen LogP) is 1.48. The lowest BCUT2D eigenvalue weighted by atomic mass is 10.4. The van der Waals surface area contributed by atoms with Crippen molar-refractivity contribution in [1.82, 2.24) is 20.0 Å². The van der Waals surface area contributed by atoms with Crippen LogP contribution in [0.15, 0.2) is 12.3 Å². The molecule has 96 valence electrons. The van der Waals surface area contributed by atoms with Gasteiger partial charge in [-0.15, -0.1) is 0 Å². The van der Waals surface area contributed by atoms with E-state index in [4.69, 9.17) is 0 Å². The van der Waals surface area contributed by atoms with Crippen molar-refractivity contribution >= 4 is 0 Å². The van der Waals surface area contributed by atoms with E-state index in [9.17, 15) is 0 Å². The average molecular weight is 236 g/mol. The van der Waals surface area contributed by atoms with Crippen LogP contribution >= 0.6 is 0 Å². The zero-order chi connectivity index (χ0) is 11.9. The molecule has 0 saturated carbocycles. The Kier molecular flexibility index (Phi) is 5.01. The van der Waals surface area contributed by atoms with E-state index < -0.39 is 0 Å². The average Bonchev–Trinajstić information content (AvgIpc) is 2.96. The molecule has 0 amide bonds. The van der Waals surface area contributed by atoms with Crippen LogP contribution in [-0.4, -0.2) is 40.9 Å². The van der Waals surface area contributed by atoms with Gasteiger partial charge in [-0.1, -0.05) is 6.92 Å². The molecule has 0 aromatic carbocycles. The second-order valence-electron chi connectivity index (χ2n) is 4.77. The molecule has 4 nitrogen and oxygen atoms in total. The summed E-state index contributed by atoms with van der Waals surface area (Å²) in [5.74, 6) is 0. The fourth-order valence-corrected chi connectivity index (χ4v) is 2.38. The lowest BCUT2D eigenvalue weighted by Gasteiger charge is -2.15. The molecular weight excluding hydrogens is 212 g/mol. The highest BCUT2D eigenvalue weighted by atomic mass is 15.3. The molecule has 1 aliphatic heterocycles. The standard InChI is InChI=1S/C13H24N4/c1-2-8-17-13(5-6-15-17)12-14-7-11-16-9-3-4-10-16/h5-6,14H,2-4,7-12H2,1H3. The maximum Gasteiger partial charge on any atom is 0.0522 e. The first-order valence-electron chi connectivity index (χ1n) is 6.84. The minimum Gasteiger partial charge on any atom is -0.310 e. The van der Waals surface area contributed by atoms with Crippen molar-refractivity contribution in [2.45, 2.75) is 39.3 Å². The van der Waals surface area contributed by atoms with Gasteiger partial charge in [0.2, 0.25) is 0 Å². The number of rotatable bonds is 7. The van der Waals surface area contributed by atoms with Gasteiger partial charge in [0.1, 0.15) is 0 Å². The van der Waals surface area contributed by atoms with Crippen molar-refractivity contribution in [1.29, 1.82) is 0 Å². The Bertz CT molecular complexity index is 315. The summed E-state index contributed by atoms with van der Waals surface area (Å²) >= 11 is 0. The van der Waals surface area contributed by atoms with Crippen LogP contribution < -0.4 is 5.32 Å². The fourth-order valence-electron chi connectivity index (χ4n) is 2.38. The van der Waals surface area contributed by atoms with E-state index in [0.29, 0.717) is 0 Å². The molecule has 2 heterocycles. The zero-order valence-electron chi connectivity index (χ0n) is 10.9. The number of nitrogens with one attached hydrogen (secondary N) is 1. The number of aromatic nitrogens is 2. The molecule has 0 aliphatic carbocycles. The summed E-state index contributed by atoms with van der Waals surface area (Å²) in [7, 11) is 0. The zero-order valence-corrected chi connectivity index (χ0v) is 10.9. The summed E-state index contributed by atoms with van der Waals surface area (Å²) in [4.78, 5) is 2.54. The van der Waals surface area contributed by atoms with Crippen LogP contribution in [0.2, 0.25) is 0 Å². The van der Waals surface area contributed by atoms with Gasteiger partial charge < -0.3 is 10.2 Å². The van der Waals surface area contributed by atoms with Crippen molar-refractivity contribution in [2.75, 3.05) is 26.2 Å². The highest BCUT2D eigenvalue weighted by Gasteiger charge is 2.10. The van der Waals surface area contributed by atoms with Crippen LogP contribution in [0.5, 0.6) is 0 Å². The summed E-state index contributed by atoms with van der Waals surface area (Å²) in [6.07, 6.45) is 5.79. The summed E-state index contributed by atoms with van der Waals surface area (Å²) in [6, 6.07) is 2.11. The van der Waals surface area contributed by atoms with E-state index in [-0.39, 0.29) is 0 Å². The minimum absolute atomic E-state index is 0.938. The summed E-state index contributed by atoms with van der Waals surface area (Å²) < 4.78 is 2.10. The topological polar surface area (TPSA) is 33.1 Å². The lowest BCUT2D eigenvalue weighted by Crippen LogP contribution is -2.30. The van der Waals surface area contributed by atoms with Crippen molar-refractivity contribution in [3.05, 3.63) is 18.0 Å². The van der Waals surface area contributed by atoms with Gasteiger partial charge in [0, 0.05) is 32.4 Å². The Labute approximate surface area is 104 Å². The quantitative estimate of drug-likeness (QED) is 0.728. The van der Waals surface area contributed by atoms with Crippen molar-refractivity contribution < 1.29 is 0 Å². The van der Waals surface area contributed by atoms with Crippen LogP contribution in [0.3, 0.4) is 0 Å². The molecule has 1 aliphatic rings. The smallest absolute Gasteiger partial charge is 0.0522 e. The molecule has 0 radical (unpaired) electrons. The van der Waals surface area contributed by atoms with Gasteiger partial charge in [-0.2, -0.15) is 5.10 Å². The van der Waals surface area contributed by atoms with E-state index in [1.165, 1.54) is 38.2 Å².